The Bertz CT molecular complexity index is 639. The number of rotatable bonds is 4. The topological polar surface area (TPSA) is 68.8 Å². The number of alkyl halides is 3. The second kappa shape index (κ2) is 5.71. The van der Waals surface area contributed by atoms with Crippen LogP contribution >= 0.6 is 0 Å². The van der Waals surface area contributed by atoms with Crippen LogP contribution in [0, 0.1) is 0 Å². The molecule has 1 N–H and O–H groups in total. The van der Waals surface area contributed by atoms with Crippen LogP contribution in [0.15, 0.2) is 12.5 Å². The van der Waals surface area contributed by atoms with E-state index < -0.39 is 11.9 Å². The molecule has 2 aromatic heterocycles. The number of halogens is 3. The van der Waals surface area contributed by atoms with Gasteiger partial charge in [0.15, 0.2) is 5.69 Å². The van der Waals surface area contributed by atoms with E-state index in [4.69, 9.17) is 5.11 Å². The van der Waals surface area contributed by atoms with Crippen molar-refractivity contribution in [2.45, 2.75) is 45.5 Å². The Kier molecular flexibility index (Phi) is 4.28. The Morgan fingerprint density at radius 2 is 1.91 bits per heavy atom. The van der Waals surface area contributed by atoms with Gasteiger partial charge in [-0.25, -0.2) is 9.67 Å². The molecule has 0 amide bonds. The third-order valence-corrected chi connectivity index (χ3v) is 3.04. The summed E-state index contributed by atoms with van der Waals surface area (Å²) in [7, 11) is 0. The largest absolute Gasteiger partial charge is 0.435 e. The normalized spacial score (nSPS) is 12.9. The van der Waals surface area contributed by atoms with Gasteiger partial charge >= 0.3 is 6.18 Å². The first kappa shape index (κ1) is 16.5. The molecular weight excluding hydrogens is 299 g/mol. The molecule has 0 saturated heterocycles. The maximum Gasteiger partial charge on any atom is 0.435 e. The van der Waals surface area contributed by atoms with Crippen molar-refractivity contribution in [2.75, 3.05) is 6.61 Å². The molecule has 9 heteroatoms. The Hall–Kier alpha value is -1.90. The fourth-order valence-corrected chi connectivity index (χ4v) is 2.16. The summed E-state index contributed by atoms with van der Waals surface area (Å²) in [5.41, 5.74) is -1.33. The van der Waals surface area contributed by atoms with Gasteiger partial charge in [0.05, 0.1) is 5.54 Å². The number of hydrogen-bond donors (Lipinski definition) is 1. The fraction of sp³-hybridized carbons (Fsp3) is 0.615. The summed E-state index contributed by atoms with van der Waals surface area (Å²) >= 11 is 0. The van der Waals surface area contributed by atoms with E-state index in [0.717, 1.165) is 0 Å². The third kappa shape index (κ3) is 3.46. The van der Waals surface area contributed by atoms with E-state index in [2.05, 4.69) is 15.2 Å². The molecule has 2 heterocycles. The summed E-state index contributed by atoms with van der Waals surface area (Å²) in [5.74, 6) is 0.513. The minimum Gasteiger partial charge on any atom is -0.396 e. The lowest BCUT2D eigenvalue weighted by molar-refractivity contribution is -0.142. The minimum absolute atomic E-state index is 0.0307. The first-order valence-corrected chi connectivity index (χ1v) is 6.76. The molecule has 6 nitrogen and oxygen atoms in total. The van der Waals surface area contributed by atoms with E-state index in [1.807, 2.05) is 20.8 Å². The van der Waals surface area contributed by atoms with Crippen molar-refractivity contribution >= 4 is 0 Å². The molecule has 0 aliphatic heterocycles. The van der Waals surface area contributed by atoms with Gasteiger partial charge in [-0.1, -0.05) is 0 Å². The highest BCUT2D eigenvalue weighted by Crippen LogP contribution is 2.31. The van der Waals surface area contributed by atoms with Gasteiger partial charge in [0.2, 0.25) is 0 Å². The van der Waals surface area contributed by atoms with Crippen LogP contribution in [0.25, 0.3) is 0 Å². The van der Waals surface area contributed by atoms with E-state index in [-0.39, 0.29) is 30.7 Å². The Morgan fingerprint density at radius 1 is 1.23 bits per heavy atom. The maximum absolute atomic E-state index is 12.9. The van der Waals surface area contributed by atoms with Crippen LogP contribution in [0.1, 0.15) is 37.9 Å². The second-order valence-electron chi connectivity index (χ2n) is 5.93. The van der Waals surface area contributed by atoms with Crippen LogP contribution < -0.4 is 0 Å². The molecule has 0 aromatic carbocycles. The lowest BCUT2D eigenvalue weighted by Crippen LogP contribution is -2.26. The van der Waals surface area contributed by atoms with Gasteiger partial charge in [-0.05, 0) is 27.2 Å². The standard InChI is InChI=1S/C13H18F3N5O/c1-12(2,3)21-10(17-8-18-21)7-20-6-9(4-5-22)11(19-20)13(14,15)16/h6,8,22H,4-5,7H2,1-3H3. The van der Waals surface area contributed by atoms with E-state index in [0.29, 0.717) is 5.82 Å². The van der Waals surface area contributed by atoms with Gasteiger partial charge in [0.25, 0.3) is 0 Å². The summed E-state index contributed by atoms with van der Waals surface area (Å²) in [4.78, 5) is 4.09. The molecule has 0 spiro atoms. The highest BCUT2D eigenvalue weighted by atomic mass is 19.4. The van der Waals surface area contributed by atoms with Crippen LogP contribution in [0.5, 0.6) is 0 Å². The van der Waals surface area contributed by atoms with Crippen LogP contribution in [0.4, 0.5) is 13.2 Å². The SMILES string of the molecule is CC(C)(C)n1ncnc1Cn1cc(CCO)c(C(F)(F)F)n1. The summed E-state index contributed by atoms with van der Waals surface area (Å²) < 4.78 is 41.7. The summed E-state index contributed by atoms with van der Waals surface area (Å²) in [6.45, 7) is 5.48. The smallest absolute Gasteiger partial charge is 0.396 e. The maximum atomic E-state index is 12.9. The number of nitrogens with zero attached hydrogens (tertiary/aromatic N) is 5. The monoisotopic (exact) mass is 317 g/mol. The first-order chi connectivity index (χ1) is 10.1. The van der Waals surface area contributed by atoms with Gasteiger partial charge < -0.3 is 5.11 Å². The molecule has 0 aliphatic carbocycles. The van der Waals surface area contributed by atoms with Gasteiger partial charge in [0, 0.05) is 18.4 Å². The van der Waals surface area contributed by atoms with E-state index in [1.54, 1.807) is 4.68 Å². The lowest BCUT2D eigenvalue weighted by Gasteiger charge is -2.21. The quantitative estimate of drug-likeness (QED) is 0.934. The van der Waals surface area contributed by atoms with Gasteiger partial charge in [-0.3, -0.25) is 4.68 Å². The number of aliphatic hydroxyl groups excluding tert-OH is 1. The van der Waals surface area contributed by atoms with Crippen molar-refractivity contribution in [1.29, 1.82) is 0 Å². The van der Waals surface area contributed by atoms with Crippen molar-refractivity contribution in [1.82, 2.24) is 24.5 Å². The number of aromatic nitrogens is 5. The molecule has 0 atom stereocenters. The highest BCUT2D eigenvalue weighted by molar-refractivity contribution is 5.20. The molecule has 0 fully saturated rings. The third-order valence-electron chi connectivity index (χ3n) is 3.04. The van der Waals surface area contributed by atoms with Crippen molar-refractivity contribution in [3.63, 3.8) is 0 Å². The predicted octanol–water partition coefficient (Wildman–Crippen LogP) is 1.83. The summed E-state index contributed by atoms with van der Waals surface area (Å²) in [6.07, 6.45) is -1.99. The van der Waals surface area contributed by atoms with Crippen molar-refractivity contribution in [3.8, 4) is 0 Å². The summed E-state index contributed by atoms with van der Waals surface area (Å²) in [5, 5.41) is 16.6. The van der Waals surface area contributed by atoms with Crippen molar-refractivity contribution < 1.29 is 18.3 Å². The predicted molar refractivity (Wildman–Crippen MR) is 72.1 cm³/mol. The molecule has 0 unspecified atom stereocenters. The number of hydrogen-bond acceptors (Lipinski definition) is 4. The average molecular weight is 317 g/mol. The summed E-state index contributed by atoms with van der Waals surface area (Å²) in [6, 6.07) is 0. The zero-order valence-corrected chi connectivity index (χ0v) is 12.6. The molecule has 0 radical (unpaired) electrons. The van der Waals surface area contributed by atoms with Gasteiger partial charge in [-0.15, -0.1) is 0 Å². The second-order valence-corrected chi connectivity index (χ2v) is 5.93. The van der Waals surface area contributed by atoms with Crippen LogP contribution in [0.3, 0.4) is 0 Å². The molecule has 22 heavy (non-hydrogen) atoms. The lowest BCUT2D eigenvalue weighted by atomic mass is 10.1. The van der Waals surface area contributed by atoms with Gasteiger partial charge in [0.1, 0.15) is 18.7 Å². The number of aliphatic hydroxyl groups is 1. The Morgan fingerprint density at radius 3 is 2.45 bits per heavy atom. The molecular formula is C13H18F3N5O. The van der Waals surface area contributed by atoms with Crippen molar-refractivity contribution in [2.24, 2.45) is 0 Å². The van der Waals surface area contributed by atoms with Crippen molar-refractivity contribution in [3.05, 3.63) is 29.6 Å². The highest BCUT2D eigenvalue weighted by Gasteiger charge is 2.37. The van der Waals surface area contributed by atoms with Crippen LogP contribution in [0.2, 0.25) is 0 Å². The van der Waals surface area contributed by atoms with Crippen LogP contribution in [-0.4, -0.2) is 36.3 Å². The van der Waals surface area contributed by atoms with E-state index >= 15 is 0 Å². The first-order valence-electron chi connectivity index (χ1n) is 6.76. The molecule has 2 aromatic rings. The van der Waals surface area contributed by atoms with E-state index in [9.17, 15) is 13.2 Å². The molecule has 0 aliphatic rings. The zero-order chi connectivity index (χ0) is 16.5. The van der Waals surface area contributed by atoms with E-state index in [1.165, 1.54) is 17.2 Å². The average Bonchev–Trinajstić information content (AvgIpc) is 2.95. The molecule has 122 valence electrons. The zero-order valence-electron chi connectivity index (χ0n) is 12.6. The van der Waals surface area contributed by atoms with Gasteiger partial charge in [-0.2, -0.15) is 23.4 Å². The fourth-order valence-electron chi connectivity index (χ4n) is 2.16. The Labute approximate surface area is 125 Å². The molecule has 2 rings (SSSR count). The molecule has 0 saturated carbocycles. The minimum atomic E-state index is -4.55. The molecule has 0 bridgehead atoms. The Balaban J connectivity index is 2.33. The van der Waals surface area contributed by atoms with Crippen LogP contribution in [-0.2, 0) is 24.7 Å².